The Labute approximate surface area is 133 Å². The summed E-state index contributed by atoms with van der Waals surface area (Å²) in [6, 6.07) is 0. The Morgan fingerprint density at radius 2 is 1.43 bits per heavy atom. The number of hydrogen-bond donors (Lipinski definition) is 0. The molecule has 0 amide bonds. The van der Waals surface area contributed by atoms with Crippen LogP contribution in [0.3, 0.4) is 0 Å². The first-order chi connectivity index (χ1) is 10.3. The molecule has 0 heteroatoms. The molecule has 0 rings (SSSR count). The molecule has 1 unspecified atom stereocenters. The Balaban J connectivity index is 3.57. The van der Waals surface area contributed by atoms with Crippen LogP contribution in [-0.2, 0) is 0 Å². The van der Waals surface area contributed by atoms with Crippen molar-refractivity contribution in [3.63, 3.8) is 0 Å². The van der Waals surface area contributed by atoms with Crippen molar-refractivity contribution in [2.45, 2.75) is 77.6 Å². The highest BCUT2D eigenvalue weighted by Crippen LogP contribution is 2.20. The molecule has 0 fully saturated rings. The number of rotatable bonds is 15. The first-order valence-electron chi connectivity index (χ1n) is 8.86. The highest BCUT2D eigenvalue weighted by Gasteiger charge is 2.04. The van der Waals surface area contributed by atoms with Crippen molar-refractivity contribution < 1.29 is 0 Å². The first-order valence-corrected chi connectivity index (χ1v) is 8.86. The van der Waals surface area contributed by atoms with Gasteiger partial charge in [-0.05, 0) is 51.4 Å². The summed E-state index contributed by atoms with van der Waals surface area (Å²) in [6.45, 7) is 9.62. The van der Waals surface area contributed by atoms with E-state index in [1.807, 2.05) is 12.2 Å². The van der Waals surface area contributed by atoms with E-state index in [-0.39, 0.29) is 0 Å². The van der Waals surface area contributed by atoms with E-state index in [1.165, 1.54) is 70.6 Å². The van der Waals surface area contributed by atoms with Crippen LogP contribution in [0.15, 0.2) is 49.6 Å². The molecule has 0 saturated carbocycles. The summed E-state index contributed by atoms with van der Waals surface area (Å²) in [5.41, 5.74) is 0. The van der Waals surface area contributed by atoms with Crippen molar-refractivity contribution in [3.05, 3.63) is 49.6 Å². The van der Waals surface area contributed by atoms with Crippen molar-refractivity contribution in [1.82, 2.24) is 0 Å². The zero-order valence-corrected chi connectivity index (χ0v) is 14.2. The van der Waals surface area contributed by atoms with E-state index in [4.69, 9.17) is 0 Å². The average molecular weight is 289 g/mol. The van der Waals surface area contributed by atoms with E-state index in [1.54, 1.807) is 0 Å². The zero-order valence-electron chi connectivity index (χ0n) is 14.2. The molecule has 0 aliphatic heterocycles. The molecule has 0 aromatic heterocycles. The lowest BCUT2D eigenvalue weighted by molar-refractivity contribution is 0.473. The minimum Gasteiger partial charge on any atom is -0.103 e. The first kappa shape index (κ1) is 20.0. The Kier molecular flexibility index (Phi) is 16.2. The highest BCUT2D eigenvalue weighted by molar-refractivity contribution is 4.96. The Hall–Kier alpha value is -1.04. The third-order valence-electron chi connectivity index (χ3n) is 3.92. The van der Waals surface area contributed by atoms with Crippen molar-refractivity contribution >= 4 is 0 Å². The van der Waals surface area contributed by atoms with Crippen LogP contribution in [0.4, 0.5) is 0 Å². The molecular formula is C21H36. The Bertz CT molecular complexity index is 282. The van der Waals surface area contributed by atoms with Gasteiger partial charge in [0, 0.05) is 0 Å². The number of allylic oxidation sites excluding steroid dienone is 6. The summed E-state index contributed by atoms with van der Waals surface area (Å²) >= 11 is 0. The maximum Gasteiger partial charge on any atom is -0.0234 e. The molecule has 0 aromatic carbocycles. The van der Waals surface area contributed by atoms with Gasteiger partial charge in [0.2, 0.25) is 0 Å². The molecular weight excluding hydrogens is 252 g/mol. The number of unbranched alkanes of at least 4 members (excludes halogenated alkanes) is 7. The van der Waals surface area contributed by atoms with Gasteiger partial charge in [0.1, 0.15) is 0 Å². The lowest BCUT2D eigenvalue weighted by Gasteiger charge is -2.12. The van der Waals surface area contributed by atoms with Crippen LogP contribution in [0, 0.1) is 5.92 Å². The predicted octanol–water partition coefficient (Wildman–Crippen LogP) is 7.40. The summed E-state index contributed by atoms with van der Waals surface area (Å²) in [5, 5.41) is 0. The van der Waals surface area contributed by atoms with Crippen LogP contribution in [0.1, 0.15) is 77.6 Å². The molecule has 0 radical (unpaired) electrons. The molecule has 0 saturated heterocycles. The summed E-state index contributed by atoms with van der Waals surface area (Å²) in [7, 11) is 0. The van der Waals surface area contributed by atoms with E-state index in [2.05, 4.69) is 44.4 Å². The maximum atomic E-state index is 3.78. The fourth-order valence-corrected chi connectivity index (χ4v) is 2.70. The van der Waals surface area contributed by atoms with Crippen LogP contribution in [0.25, 0.3) is 0 Å². The van der Waals surface area contributed by atoms with E-state index in [9.17, 15) is 0 Å². The van der Waals surface area contributed by atoms with E-state index < -0.39 is 0 Å². The fraction of sp³-hybridized carbons (Fsp3) is 0.619. The van der Waals surface area contributed by atoms with Crippen molar-refractivity contribution in [2.24, 2.45) is 5.92 Å². The van der Waals surface area contributed by atoms with Gasteiger partial charge in [0.25, 0.3) is 0 Å². The van der Waals surface area contributed by atoms with Gasteiger partial charge in [-0.25, -0.2) is 0 Å². The predicted molar refractivity (Wildman–Crippen MR) is 98.6 cm³/mol. The van der Waals surface area contributed by atoms with Gasteiger partial charge >= 0.3 is 0 Å². The van der Waals surface area contributed by atoms with E-state index in [0.29, 0.717) is 0 Å². The van der Waals surface area contributed by atoms with Crippen LogP contribution >= 0.6 is 0 Å². The molecule has 0 aliphatic carbocycles. The SMILES string of the molecule is C=CC=CCCCCCCC(C=CC)CCCCCC=C. The van der Waals surface area contributed by atoms with E-state index in [0.717, 1.165) is 5.92 Å². The molecule has 21 heavy (non-hydrogen) atoms. The topological polar surface area (TPSA) is 0 Å². The van der Waals surface area contributed by atoms with Crippen molar-refractivity contribution in [1.29, 1.82) is 0 Å². The Morgan fingerprint density at radius 1 is 0.810 bits per heavy atom. The van der Waals surface area contributed by atoms with Gasteiger partial charge in [0.15, 0.2) is 0 Å². The number of hydrogen-bond acceptors (Lipinski definition) is 0. The maximum absolute atomic E-state index is 3.78. The second-order valence-corrected chi connectivity index (χ2v) is 5.87. The van der Waals surface area contributed by atoms with Gasteiger partial charge in [-0.15, -0.1) is 6.58 Å². The second kappa shape index (κ2) is 17.0. The fourth-order valence-electron chi connectivity index (χ4n) is 2.70. The summed E-state index contributed by atoms with van der Waals surface area (Å²) in [5.74, 6) is 0.805. The molecule has 0 bridgehead atoms. The van der Waals surface area contributed by atoms with Gasteiger partial charge in [-0.2, -0.15) is 0 Å². The lowest BCUT2D eigenvalue weighted by atomic mass is 9.94. The van der Waals surface area contributed by atoms with Gasteiger partial charge in [0.05, 0.1) is 0 Å². The quantitative estimate of drug-likeness (QED) is 0.167. The van der Waals surface area contributed by atoms with Gasteiger partial charge in [-0.1, -0.05) is 75.1 Å². The average Bonchev–Trinajstić information content (AvgIpc) is 2.49. The lowest BCUT2D eigenvalue weighted by Crippen LogP contribution is -1.97. The molecule has 0 aromatic rings. The Morgan fingerprint density at radius 3 is 2.05 bits per heavy atom. The normalized spacial score (nSPS) is 13.0. The van der Waals surface area contributed by atoms with Crippen LogP contribution < -0.4 is 0 Å². The summed E-state index contributed by atoms with van der Waals surface area (Å²) in [4.78, 5) is 0. The standard InChI is InChI=1S/C21H36/c1-4-7-9-11-12-13-15-17-20-21(18-6-3)19-16-14-10-8-5-2/h4-7,9,18,21H,1-2,8,10-17,19-20H2,3H3. The largest absolute Gasteiger partial charge is 0.103 e. The van der Waals surface area contributed by atoms with Crippen molar-refractivity contribution in [3.8, 4) is 0 Å². The summed E-state index contributed by atoms with van der Waals surface area (Å²) in [6.07, 6.45) is 27.4. The molecule has 0 spiro atoms. The van der Waals surface area contributed by atoms with Crippen LogP contribution in [0.5, 0.6) is 0 Å². The minimum atomic E-state index is 0.805. The highest BCUT2D eigenvalue weighted by atomic mass is 14.1. The summed E-state index contributed by atoms with van der Waals surface area (Å²) < 4.78 is 0. The van der Waals surface area contributed by atoms with Gasteiger partial charge in [-0.3, -0.25) is 0 Å². The third-order valence-corrected chi connectivity index (χ3v) is 3.92. The van der Waals surface area contributed by atoms with Crippen LogP contribution in [0.2, 0.25) is 0 Å². The minimum absolute atomic E-state index is 0.805. The molecule has 1 atom stereocenters. The monoisotopic (exact) mass is 288 g/mol. The smallest absolute Gasteiger partial charge is 0.0234 e. The molecule has 0 N–H and O–H groups in total. The van der Waals surface area contributed by atoms with Crippen LogP contribution in [-0.4, -0.2) is 0 Å². The van der Waals surface area contributed by atoms with Crippen molar-refractivity contribution in [2.75, 3.05) is 0 Å². The second-order valence-electron chi connectivity index (χ2n) is 5.87. The molecule has 0 heterocycles. The molecule has 0 aliphatic rings. The third kappa shape index (κ3) is 15.2. The molecule has 0 nitrogen and oxygen atoms in total. The van der Waals surface area contributed by atoms with Gasteiger partial charge < -0.3 is 0 Å². The zero-order chi connectivity index (χ0) is 15.6. The van der Waals surface area contributed by atoms with E-state index >= 15 is 0 Å². The molecule has 120 valence electrons.